The van der Waals surface area contributed by atoms with Crippen molar-refractivity contribution in [3.63, 3.8) is 0 Å². The zero-order valence-electron chi connectivity index (χ0n) is 5.91. The highest BCUT2D eigenvalue weighted by Crippen LogP contribution is 2.46. The lowest BCUT2D eigenvalue weighted by molar-refractivity contribution is 0.393. The van der Waals surface area contributed by atoms with Gasteiger partial charge in [0.1, 0.15) is 0 Å². The van der Waals surface area contributed by atoms with E-state index >= 15 is 0 Å². The summed E-state index contributed by atoms with van der Waals surface area (Å²) in [6, 6.07) is 0. The quantitative estimate of drug-likeness (QED) is 0.515. The Labute approximate surface area is 56.0 Å². The van der Waals surface area contributed by atoms with Gasteiger partial charge in [-0.1, -0.05) is 0 Å². The Balaban J connectivity index is 2.01. The zero-order valence-corrected chi connectivity index (χ0v) is 5.91. The molecule has 0 aromatic carbocycles. The van der Waals surface area contributed by atoms with E-state index in [4.69, 9.17) is 0 Å². The first kappa shape index (κ1) is 5.69. The first-order valence-electron chi connectivity index (χ1n) is 3.77. The van der Waals surface area contributed by atoms with Crippen LogP contribution >= 0.6 is 0 Å². The van der Waals surface area contributed by atoms with Crippen LogP contribution in [0.1, 0.15) is 12.8 Å². The number of rotatable bonds is 1. The molecule has 0 aromatic rings. The fourth-order valence-electron chi connectivity index (χ4n) is 1.97. The number of hydrogen-bond donors (Lipinski definition) is 2. The van der Waals surface area contributed by atoms with Crippen LogP contribution in [0.3, 0.4) is 0 Å². The molecule has 0 aromatic heterocycles. The Morgan fingerprint density at radius 2 is 2.56 bits per heavy atom. The minimum Gasteiger partial charge on any atom is -0.316 e. The second kappa shape index (κ2) is 1.70. The molecule has 0 amide bonds. The Bertz CT molecular complexity index is 124. The molecule has 2 fully saturated rings. The number of nitrogens with one attached hydrogen (secondary N) is 2. The Kier molecular flexibility index (Phi) is 1.08. The van der Waals surface area contributed by atoms with Crippen molar-refractivity contribution >= 4 is 0 Å². The van der Waals surface area contributed by atoms with Crippen LogP contribution in [0.2, 0.25) is 0 Å². The average Bonchev–Trinajstić information content (AvgIpc) is 2.62. The molecule has 1 aliphatic heterocycles. The molecular formula is C7H14N2. The van der Waals surface area contributed by atoms with Gasteiger partial charge in [0.05, 0.1) is 0 Å². The highest BCUT2D eigenvalue weighted by molar-refractivity contribution is 5.12. The minimum absolute atomic E-state index is 0.575. The van der Waals surface area contributed by atoms with Gasteiger partial charge in [-0.3, -0.25) is 0 Å². The molecule has 1 aliphatic carbocycles. The molecule has 0 bridgehead atoms. The summed E-state index contributed by atoms with van der Waals surface area (Å²) >= 11 is 0. The average molecular weight is 126 g/mol. The summed E-state index contributed by atoms with van der Waals surface area (Å²) in [4.78, 5) is 0. The molecule has 1 saturated carbocycles. The molecule has 2 aliphatic rings. The third-order valence-corrected chi connectivity index (χ3v) is 2.87. The van der Waals surface area contributed by atoms with Gasteiger partial charge in [-0.05, 0) is 38.9 Å². The van der Waals surface area contributed by atoms with Crippen LogP contribution in [0.15, 0.2) is 0 Å². The van der Waals surface area contributed by atoms with Crippen molar-refractivity contribution in [2.75, 3.05) is 20.1 Å². The molecule has 0 radical (unpaired) electrons. The van der Waals surface area contributed by atoms with E-state index in [-0.39, 0.29) is 0 Å². The van der Waals surface area contributed by atoms with Crippen molar-refractivity contribution in [1.29, 1.82) is 0 Å². The lowest BCUT2D eigenvalue weighted by Gasteiger charge is -2.21. The standard InChI is InChI=1S/C7H14N2/c1-8-7-2-3-9-5-6(7)4-7/h6,8-9H,2-5H2,1H3. The summed E-state index contributed by atoms with van der Waals surface area (Å²) < 4.78 is 0. The van der Waals surface area contributed by atoms with Crippen LogP contribution in [0.25, 0.3) is 0 Å². The molecule has 1 heterocycles. The van der Waals surface area contributed by atoms with Crippen LogP contribution in [0, 0.1) is 5.92 Å². The van der Waals surface area contributed by atoms with Crippen molar-refractivity contribution < 1.29 is 0 Å². The van der Waals surface area contributed by atoms with Crippen LogP contribution in [-0.2, 0) is 0 Å². The van der Waals surface area contributed by atoms with Gasteiger partial charge in [0.15, 0.2) is 0 Å². The fourth-order valence-corrected chi connectivity index (χ4v) is 1.97. The van der Waals surface area contributed by atoms with Crippen molar-refractivity contribution in [3.8, 4) is 0 Å². The van der Waals surface area contributed by atoms with E-state index in [0.717, 1.165) is 5.92 Å². The van der Waals surface area contributed by atoms with Gasteiger partial charge in [0, 0.05) is 5.54 Å². The highest BCUT2D eigenvalue weighted by atomic mass is 15.1. The molecular weight excluding hydrogens is 112 g/mol. The summed E-state index contributed by atoms with van der Waals surface area (Å²) in [5, 5.41) is 6.81. The van der Waals surface area contributed by atoms with Crippen LogP contribution in [-0.4, -0.2) is 25.7 Å². The van der Waals surface area contributed by atoms with E-state index in [9.17, 15) is 0 Å². The van der Waals surface area contributed by atoms with Crippen molar-refractivity contribution in [1.82, 2.24) is 10.6 Å². The second-order valence-corrected chi connectivity index (χ2v) is 3.26. The van der Waals surface area contributed by atoms with Gasteiger partial charge < -0.3 is 10.6 Å². The molecule has 9 heavy (non-hydrogen) atoms. The van der Waals surface area contributed by atoms with Gasteiger partial charge in [-0.2, -0.15) is 0 Å². The summed E-state index contributed by atoms with van der Waals surface area (Å²) in [5.74, 6) is 0.941. The van der Waals surface area contributed by atoms with Gasteiger partial charge >= 0.3 is 0 Å². The third kappa shape index (κ3) is 0.700. The predicted octanol–water partition coefficient (Wildman–Crippen LogP) is -0.0422. The first-order valence-corrected chi connectivity index (χ1v) is 3.77. The molecule has 2 heteroatoms. The summed E-state index contributed by atoms with van der Waals surface area (Å²) in [7, 11) is 2.09. The predicted molar refractivity (Wildman–Crippen MR) is 37.4 cm³/mol. The lowest BCUT2D eigenvalue weighted by atomic mass is 10.1. The third-order valence-electron chi connectivity index (χ3n) is 2.87. The normalized spacial score (nSPS) is 48.3. The molecule has 2 N–H and O–H groups in total. The SMILES string of the molecule is CNC12CCNCC1C2. The van der Waals surface area contributed by atoms with Crippen molar-refractivity contribution in [2.45, 2.75) is 18.4 Å². The fraction of sp³-hybridized carbons (Fsp3) is 1.00. The molecule has 2 rings (SSSR count). The van der Waals surface area contributed by atoms with Gasteiger partial charge in [0.25, 0.3) is 0 Å². The molecule has 2 unspecified atom stereocenters. The van der Waals surface area contributed by atoms with Gasteiger partial charge in [0.2, 0.25) is 0 Å². The summed E-state index contributed by atoms with van der Waals surface area (Å²) in [6.45, 7) is 2.44. The van der Waals surface area contributed by atoms with Crippen molar-refractivity contribution in [3.05, 3.63) is 0 Å². The van der Waals surface area contributed by atoms with E-state index in [1.807, 2.05) is 0 Å². The first-order chi connectivity index (χ1) is 4.37. The minimum atomic E-state index is 0.575. The number of piperidine rings is 1. The molecule has 0 spiro atoms. The van der Waals surface area contributed by atoms with E-state index in [1.165, 1.54) is 25.9 Å². The number of hydrogen-bond acceptors (Lipinski definition) is 2. The topological polar surface area (TPSA) is 24.1 Å². The zero-order chi connectivity index (χ0) is 6.32. The smallest absolute Gasteiger partial charge is 0.0235 e. The maximum absolute atomic E-state index is 3.41. The van der Waals surface area contributed by atoms with E-state index in [0.29, 0.717) is 5.54 Å². The van der Waals surface area contributed by atoms with Crippen molar-refractivity contribution in [2.24, 2.45) is 5.92 Å². The maximum atomic E-state index is 3.41. The van der Waals surface area contributed by atoms with E-state index in [2.05, 4.69) is 17.7 Å². The Hall–Kier alpha value is -0.0800. The molecule has 1 saturated heterocycles. The van der Waals surface area contributed by atoms with Crippen LogP contribution < -0.4 is 10.6 Å². The molecule has 2 nitrogen and oxygen atoms in total. The summed E-state index contributed by atoms with van der Waals surface area (Å²) in [5.41, 5.74) is 0.575. The lowest BCUT2D eigenvalue weighted by Crippen LogP contribution is -2.40. The molecule has 52 valence electrons. The van der Waals surface area contributed by atoms with Gasteiger partial charge in [-0.15, -0.1) is 0 Å². The van der Waals surface area contributed by atoms with E-state index in [1.54, 1.807) is 0 Å². The Morgan fingerprint density at radius 1 is 1.67 bits per heavy atom. The number of fused-ring (bicyclic) bond motifs is 1. The Morgan fingerprint density at radius 3 is 3.11 bits per heavy atom. The van der Waals surface area contributed by atoms with E-state index < -0.39 is 0 Å². The van der Waals surface area contributed by atoms with Crippen LogP contribution in [0.4, 0.5) is 0 Å². The largest absolute Gasteiger partial charge is 0.316 e. The van der Waals surface area contributed by atoms with Crippen LogP contribution in [0.5, 0.6) is 0 Å². The maximum Gasteiger partial charge on any atom is 0.0235 e. The molecule has 2 atom stereocenters. The monoisotopic (exact) mass is 126 g/mol. The highest BCUT2D eigenvalue weighted by Gasteiger charge is 2.53. The summed E-state index contributed by atoms with van der Waals surface area (Å²) in [6.07, 6.45) is 2.73. The second-order valence-electron chi connectivity index (χ2n) is 3.26. The van der Waals surface area contributed by atoms with Gasteiger partial charge in [-0.25, -0.2) is 0 Å².